The van der Waals surface area contributed by atoms with Gasteiger partial charge in [0.15, 0.2) is 0 Å². The van der Waals surface area contributed by atoms with Crippen molar-refractivity contribution in [1.29, 1.82) is 0 Å². The normalized spacial score (nSPS) is 14.6. The average molecular weight is 334 g/mol. The van der Waals surface area contributed by atoms with Crippen molar-refractivity contribution in [2.24, 2.45) is 0 Å². The van der Waals surface area contributed by atoms with Crippen LogP contribution in [0.4, 0.5) is 0 Å². The lowest BCUT2D eigenvalue weighted by atomic mass is 10.2. The third-order valence-corrected chi connectivity index (χ3v) is 4.61. The van der Waals surface area contributed by atoms with Crippen molar-refractivity contribution in [3.05, 3.63) is 27.7 Å². The van der Waals surface area contributed by atoms with E-state index in [2.05, 4.69) is 12.2 Å². The van der Waals surface area contributed by atoms with Gasteiger partial charge in [0.2, 0.25) is 0 Å². The molecule has 5 heteroatoms. The van der Waals surface area contributed by atoms with Crippen molar-refractivity contribution in [3.8, 4) is 5.75 Å². The van der Waals surface area contributed by atoms with E-state index >= 15 is 0 Å². The molecule has 0 aromatic heterocycles. The van der Waals surface area contributed by atoms with Gasteiger partial charge in [0, 0.05) is 23.2 Å². The fourth-order valence-electron chi connectivity index (χ4n) is 1.93. The van der Waals surface area contributed by atoms with Crippen molar-refractivity contribution in [3.63, 3.8) is 0 Å². The Bertz CT molecular complexity index is 438. The predicted molar refractivity (Wildman–Crippen MR) is 89.4 cm³/mol. The molecule has 0 radical (unpaired) electrons. The van der Waals surface area contributed by atoms with Crippen molar-refractivity contribution in [2.45, 2.75) is 38.8 Å². The summed E-state index contributed by atoms with van der Waals surface area (Å²) in [7, 11) is 0. The monoisotopic (exact) mass is 333 g/mol. The summed E-state index contributed by atoms with van der Waals surface area (Å²) in [5.41, 5.74) is 1.05. The van der Waals surface area contributed by atoms with Gasteiger partial charge in [0.25, 0.3) is 0 Å². The molecule has 0 atom stereocenters. The molecule has 1 aromatic carbocycles. The first-order chi connectivity index (χ1) is 9.70. The maximum absolute atomic E-state index is 6.26. The summed E-state index contributed by atoms with van der Waals surface area (Å²) in [6, 6.07) is 4.35. The standard InChI is InChI=1S/C15H21Cl2NOS/c1-2-20-7-3-6-19-15-11(10-18-13-4-5-13)8-12(16)9-14(15)17/h8-9,13,18H,2-7,10H2,1H3. The molecule has 2 rings (SSSR count). The van der Waals surface area contributed by atoms with Gasteiger partial charge < -0.3 is 10.1 Å². The number of nitrogens with one attached hydrogen (secondary N) is 1. The molecule has 1 aliphatic rings. The summed E-state index contributed by atoms with van der Waals surface area (Å²) in [6.45, 7) is 3.64. The van der Waals surface area contributed by atoms with Crippen LogP contribution in [0, 0.1) is 0 Å². The van der Waals surface area contributed by atoms with Gasteiger partial charge in [0.05, 0.1) is 11.6 Å². The number of halogens is 2. The summed E-state index contributed by atoms with van der Waals surface area (Å²) in [4.78, 5) is 0. The van der Waals surface area contributed by atoms with Gasteiger partial charge in [-0.2, -0.15) is 11.8 Å². The fourth-order valence-corrected chi connectivity index (χ4v) is 3.13. The number of thioether (sulfide) groups is 1. The first kappa shape index (κ1) is 16.3. The van der Waals surface area contributed by atoms with E-state index in [0.29, 0.717) is 22.7 Å². The molecule has 1 N–H and O–H groups in total. The lowest BCUT2D eigenvalue weighted by Crippen LogP contribution is -2.16. The Kier molecular flexibility index (Phi) is 6.82. The van der Waals surface area contributed by atoms with E-state index < -0.39 is 0 Å². The van der Waals surface area contributed by atoms with Crippen LogP contribution in [-0.4, -0.2) is 24.2 Å². The van der Waals surface area contributed by atoms with Gasteiger partial charge in [0.1, 0.15) is 5.75 Å². The largest absolute Gasteiger partial charge is 0.492 e. The van der Waals surface area contributed by atoms with Crippen LogP contribution in [-0.2, 0) is 6.54 Å². The molecule has 0 amide bonds. The smallest absolute Gasteiger partial charge is 0.142 e. The van der Waals surface area contributed by atoms with Crippen LogP contribution in [0.5, 0.6) is 5.75 Å². The quantitative estimate of drug-likeness (QED) is 0.658. The third kappa shape index (κ3) is 5.36. The minimum atomic E-state index is 0.605. The van der Waals surface area contributed by atoms with E-state index in [9.17, 15) is 0 Å². The molecule has 0 unspecified atom stereocenters. The second kappa shape index (κ2) is 8.38. The minimum absolute atomic E-state index is 0.605. The van der Waals surface area contributed by atoms with E-state index in [1.54, 1.807) is 6.07 Å². The number of hydrogen-bond acceptors (Lipinski definition) is 3. The summed E-state index contributed by atoms with van der Waals surface area (Å²) in [5.74, 6) is 3.06. The van der Waals surface area contributed by atoms with Crippen LogP contribution in [0.2, 0.25) is 10.0 Å². The Morgan fingerprint density at radius 1 is 1.35 bits per heavy atom. The van der Waals surface area contributed by atoms with E-state index in [1.807, 2.05) is 17.8 Å². The van der Waals surface area contributed by atoms with E-state index in [-0.39, 0.29) is 0 Å². The maximum atomic E-state index is 6.26. The SMILES string of the molecule is CCSCCCOc1c(Cl)cc(Cl)cc1CNC1CC1. The van der Waals surface area contributed by atoms with Crippen LogP contribution in [0.1, 0.15) is 31.7 Å². The molecule has 0 aliphatic heterocycles. The molecule has 20 heavy (non-hydrogen) atoms. The van der Waals surface area contributed by atoms with Gasteiger partial charge in [-0.3, -0.25) is 0 Å². The van der Waals surface area contributed by atoms with Gasteiger partial charge in [-0.05, 0) is 42.9 Å². The molecular weight excluding hydrogens is 313 g/mol. The molecule has 0 bridgehead atoms. The fraction of sp³-hybridized carbons (Fsp3) is 0.600. The first-order valence-electron chi connectivity index (χ1n) is 7.12. The lowest BCUT2D eigenvalue weighted by Gasteiger charge is -2.14. The van der Waals surface area contributed by atoms with Crippen molar-refractivity contribution in [2.75, 3.05) is 18.1 Å². The van der Waals surface area contributed by atoms with Crippen LogP contribution < -0.4 is 10.1 Å². The Morgan fingerprint density at radius 2 is 2.15 bits per heavy atom. The molecule has 2 nitrogen and oxygen atoms in total. The molecular formula is C15H21Cl2NOS. The third-order valence-electron chi connectivity index (χ3n) is 3.13. The number of rotatable bonds is 9. The molecule has 0 saturated heterocycles. The van der Waals surface area contributed by atoms with E-state index in [1.165, 1.54) is 12.8 Å². The number of hydrogen-bond donors (Lipinski definition) is 1. The van der Waals surface area contributed by atoms with Crippen LogP contribution in [0.3, 0.4) is 0 Å². The molecule has 1 aromatic rings. The zero-order valence-electron chi connectivity index (χ0n) is 11.8. The van der Waals surface area contributed by atoms with Crippen LogP contribution in [0.25, 0.3) is 0 Å². The molecule has 1 saturated carbocycles. The molecule has 0 spiro atoms. The zero-order chi connectivity index (χ0) is 14.4. The van der Waals surface area contributed by atoms with Crippen LogP contribution >= 0.6 is 35.0 Å². The summed E-state index contributed by atoms with van der Waals surface area (Å²) < 4.78 is 5.88. The summed E-state index contributed by atoms with van der Waals surface area (Å²) in [6.07, 6.45) is 3.56. The van der Waals surface area contributed by atoms with Gasteiger partial charge >= 0.3 is 0 Å². The zero-order valence-corrected chi connectivity index (χ0v) is 14.1. The Balaban J connectivity index is 1.92. The molecule has 1 aliphatic carbocycles. The Morgan fingerprint density at radius 3 is 2.85 bits per heavy atom. The predicted octanol–water partition coefficient (Wildman–Crippen LogP) is 4.77. The first-order valence-corrected chi connectivity index (χ1v) is 9.03. The summed E-state index contributed by atoms with van der Waals surface area (Å²) in [5, 5.41) is 4.75. The second-order valence-electron chi connectivity index (χ2n) is 4.93. The minimum Gasteiger partial charge on any atom is -0.492 e. The van der Waals surface area contributed by atoms with E-state index in [0.717, 1.165) is 35.8 Å². The Hall–Kier alpha value is -0.0900. The van der Waals surface area contributed by atoms with Gasteiger partial charge in [-0.25, -0.2) is 0 Å². The molecule has 1 fully saturated rings. The number of benzene rings is 1. The second-order valence-corrected chi connectivity index (χ2v) is 7.17. The highest BCUT2D eigenvalue weighted by Gasteiger charge is 2.21. The Labute approximate surface area is 135 Å². The van der Waals surface area contributed by atoms with Gasteiger partial charge in [-0.15, -0.1) is 0 Å². The van der Waals surface area contributed by atoms with E-state index in [4.69, 9.17) is 27.9 Å². The lowest BCUT2D eigenvalue weighted by molar-refractivity contribution is 0.314. The topological polar surface area (TPSA) is 21.3 Å². The average Bonchev–Trinajstić information content (AvgIpc) is 3.22. The van der Waals surface area contributed by atoms with Crippen molar-refractivity contribution < 1.29 is 4.74 Å². The van der Waals surface area contributed by atoms with Gasteiger partial charge in [-0.1, -0.05) is 30.1 Å². The molecule has 112 valence electrons. The van der Waals surface area contributed by atoms with Crippen molar-refractivity contribution in [1.82, 2.24) is 5.32 Å². The van der Waals surface area contributed by atoms with Crippen LogP contribution in [0.15, 0.2) is 12.1 Å². The maximum Gasteiger partial charge on any atom is 0.142 e. The van der Waals surface area contributed by atoms with Crippen molar-refractivity contribution >= 4 is 35.0 Å². The highest BCUT2D eigenvalue weighted by molar-refractivity contribution is 7.99. The highest BCUT2D eigenvalue weighted by Crippen LogP contribution is 2.33. The summed E-state index contributed by atoms with van der Waals surface area (Å²) >= 11 is 14.3. The number of ether oxygens (including phenoxy) is 1. The highest BCUT2D eigenvalue weighted by atomic mass is 35.5. The molecule has 0 heterocycles.